The zero-order chi connectivity index (χ0) is 18.5. The SMILES string of the molecule is Cc1ncc(-c2onc(C)c2C)c(CCNC(=O)CC2CCCCC2)n1. The number of rotatable bonds is 6. The normalized spacial score (nSPS) is 15.2. The highest BCUT2D eigenvalue weighted by molar-refractivity contribution is 5.76. The van der Waals surface area contributed by atoms with Gasteiger partial charge in [0.25, 0.3) is 0 Å². The van der Waals surface area contributed by atoms with Crippen LogP contribution < -0.4 is 5.32 Å². The minimum atomic E-state index is 0.149. The first-order chi connectivity index (χ1) is 12.5. The van der Waals surface area contributed by atoms with E-state index in [1.54, 1.807) is 6.20 Å². The number of nitrogens with zero attached hydrogens (tertiary/aromatic N) is 3. The highest BCUT2D eigenvalue weighted by atomic mass is 16.5. The van der Waals surface area contributed by atoms with Crippen LogP contribution in [0.15, 0.2) is 10.7 Å². The van der Waals surface area contributed by atoms with Crippen LogP contribution in [0.2, 0.25) is 0 Å². The van der Waals surface area contributed by atoms with E-state index in [-0.39, 0.29) is 5.91 Å². The van der Waals surface area contributed by atoms with Gasteiger partial charge in [0.2, 0.25) is 5.91 Å². The Kier molecular flexibility index (Phi) is 6.01. The van der Waals surface area contributed by atoms with Crippen molar-refractivity contribution in [3.8, 4) is 11.3 Å². The molecule has 2 heterocycles. The molecule has 1 saturated carbocycles. The Labute approximate surface area is 154 Å². The van der Waals surface area contributed by atoms with Crippen molar-refractivity contribution in [2.45, 2.75) is 65.7 Å². The zero-order valence-corrected chi connectivity index (χ0v) is 16.0. The molecule has 3 rings (SSSR count). The summed E-state index contributed by atoms with van der Waals surface area (Å²) in [5.74, 6) is 2.13. The van der Waals surface area contributed by atoms with Crippen LogP contribution in [0.1, 0.15) is 61.3 Å². The van der Waals surface area contributed by atoms with Crippen molar-refractivity contribution in [1.29, 1.82) is 0 Å². The molecule has 0 atom stereocenters. The molecule has 0 radical (unpaired) electrons. The Morgan fingerprint density at radius 2 is 2.00 bits per heavy atom. The van der Waals surface area contributed by atoms with E-state index < -0.39 is 0 Å². The van der Waals surface area contributed by atoms with E-state index in [0.717, 1.165) is 22.5 Å². The summed E-state index contributed by atoms with van der Waals surface area (Å²) in [5.41, 5.74) is 3.61. The molecule has 6 heteroatoms. The number of hydrogen-bond acceptors (Lipinski definition) is 5. The van der Waals surface area contributed by atoms with Crippen molar-refractivity contribution in [3.63, 3.8) is 0 Å². The highest BCUT2D eigenvalue weighted by Gasteiger charge is 2.18. The monoisotopic (exact) mass is 356 g/mol. The van der Waals surface area contributed by atoms with Gasteiger partial charge < -0.3 is 9.84 Å². The highest BCUT2D eigenvalue weighted by Crippen LogP contribution is 2.28. The van der Waals surface area contributed by atoms with E-state index in [2.05, 4.69) is 20.4 Å². The molecular weight excluding hydrogens is 328 g/mol. The topological polar surface area (TPSA) is 80.9 Å². The first kappa shape index (κ1) is 18.5. The molecule has 1 N–H and O–H groups in total. The number of nitrogens with one attached hydrogen (secondary N) is 1. The first-order valence-electron chi connectivity index (χ1n) is 9.57. The van der Waals surface area contributed by atoms with Crippen LogP contribution in [-0.2, 0) is 11.2 Å². The molecule has 0 spiro atoms. The molecule has 1 aliphatic rings. The quantitative estimate of drug-likeness (QED) is 0.854. The lowest BCUT2D eigenvalue weighted by atomic mass is 9.87. The largest absolute Gasteiger partial charge is 0.356 e. The summed E-state index contributed by atoms with van der Waals surface area (Å²) in [4.78, 5) is 21.1. The molecule has 0 bridgehead atoms. The van der Waals surface area contributed by atoms with Gasteiger partial charge in [-0.25, -0.2) is 9.97 Å². The van der Waals surface area contributed by atoms with Crippen LogP contribution >= 0.6 is 0 Å². The van der Waals surface area contributed by atoms with Gasteiger partial charge in [0, 0.05) is 31.1 Å². The number of amides is 1. The second-order valence-electron chi connectivity index (χ2n) is 7.31. The number of aromatic nitrogens is 3. The third-order valence-electron chi connectivity index (χ3n) is 5.27. The lowest BCUT2D eigenvalue weighted by Crippen LogP contribution is -2.28. The molecule has 2 aromatic rings. The van der Waals surface area contributed by atoms with Crippen molar-refractivity contribution in [1.82, 2.24) is 20.4 Å². The average Bonchev–Trinajstić information content (AvgIpc) is 2.95. The molecule has 0 unspecified atom stereocenters. The molecule has 6 nitrogen and oxygen atoms in total. The van der Waals surface area contributed by atoms with Gasteiger partial charge in [0.1, 0.15) is 5.82 Å². The fraction of sp³-hybridized carbons (Fsp3) is 0.600. The summed E-state index contributed by atoms with van der Waals surface area (Å²) < 4.78 is 5.47. The predicted molar refractivity (Wildman–Crippen MR) is 99.6 cm³/mol. The standard InChI is InChI=1S/C20H28N4O2/c1-13-14(2)24-26-20(13)17-12-22-15(3)23-18(17)9-10-21-19(25)11-16-7-5-4-6-8-16/h12,16H,4-11H2,1-3H3,(H,21,25). The smallest absolute Gasteiger partial charge is 0.220 e. The average molecular weight is 356 g/mol. The molecule has 1 aliphatic carbocycles. The maximum absolute atomic E-state index is 12.2. The van der Waals surface area contributed by atoms with Gasteiger partial charge in [-0.05, 0) is 39.5 Å². The molecule has 26 heavy (non-hydrogen) atoms. The van der Waals surface area contributed by atoms with Gasteiger partial charge >= 0.3 is 0 Å². The Balaban J connectivity index is 1.61. The van der Waals surface area contributed by atoms with Gasteiger partial charge in [-0.15, -0.1) is 0 Å². The fourth-order valence-electron chi connectivity index (χ4n) is 3.61. The molecule has 0 saturated heterocycles. The van der Waals surface area contributed by atoms with Crippen molar-refractivity contribution in [3.05, 3.63) is 29.0 Å². The Hall–Kier alpha value is -2.24. The zero-order valence-electron chi connectivity index (χ0n) is 16.0. The third kappa shape index (κ3) is 4.48. The van der Waals surface area contributed by atoms with E-state index in [1.807, 2.05) is 20.8 Å². The third-order valence-corrected chi connectivity index (χ3v) is 5.27. The molecular formula is C20H28N4O2. The second-order valence-corrected chi connectivity index (χ2v) is 7.31. The molecule has 2 aromatic heterocycles. The van der Waals surface area contributed by atoms with Gasteiger partial charge in [-0.3, -0.25) is 4.79 Å². The summed E-state index contributed by atoms with van der Waals surface area (Å²) in [6.07, 6.45) is 9.29. The Bertz CT molecular complexity index is 763. The minimum absolute atomic E-state index is 0.149. The van der Waals surface area contributed by atoms with Crippen molar-refractivity contribution in [2.24, 2.45) is 5.92 Å². The maximum Gasteiger partial charge on any atom is 0.220 e. The van der Waals surface area contributed by atoms with E-state index >= 15 is 0 Å². The van der Waals surface area contributed by atoms with Gasteiger partial charge in [-0.1, -0.05) is 24.4 Å². The lowest BCUT2D eigenvalue weighted by Gasteiger charge is -2.20. The summed E-state index contributed by atoms with van der Waals surface area (Å²) >= 11 is 0. The molecule has 140 valence electrons. The molecule has 0 aliphatic heterocycles. The summed E-state index contributed by atoms with van der Waals surface area (Å²) in [7, 11) is 0. The first-order valence-corrected chi connectivity index (χ1v) is 9.57. The van der Waals surface area contributed by atoms with Crippen LogP contribution in [0.4, 0.5) is 0 Å². The number of aryl methyl sites for hydroxylation is 2. The van der Waals surface area contributed by atoms with Crippen LogP contribution in [-0.4, -0.2) is 27.6 Å². The van der Waals surface area contributed by atoms with E-state index in [9.17, 15) is 4.79 Å². The second kappa shape index (κ2) is 8.43. The van der Waals surface area contributed by atoms with Crippen LogP contribution in [0, 0.1) is 26.7 Å². The van der Waals surface area contributed by atoms with Crippen LogP contribution in [0.25, 0.3) is 11.3 Å². The lowest BCUT2D eigenvalue weighted by molar-refractivity contribution is -0.122. The van der Waals surface area contributed by atoms with Crippen molar-refractivity contribution in [2.75, 3.05) is 6.54 Å². The minimum Gasteiger partial charge on any atom is -0.356 e. The van der Waals surface area contributed by atoms with Crippen molar-refractivity contribution < 1.29 is 9.32 Å². The molecule has 1 fully saturated rings. The van der Waals surface area contributed by atoms with E-state index in [1.165, 1.54) is 32.1 Å². The number of carbonyl (C=O) groups is 1. The van der Waals surface area contributed by atoms with Gasteiger partial charge in [0.15, 0.2) is 5.76 Å². The van der Waals surface area contributed by atoms with Crippen LogP contribution in [0.3, 0.4) is 0 Å². The van der Waals surface area contributed by atoms with Crippen molar-refractivity contribution >= 4 is 5.91 Å². The maximum atomic E-state index is 12.2. The van der Waals surface area contributed by atoms with E-state index in [4.69, 9.17) is 4.52 Å². The van der Waals surface area contributed by atoms with Gasteiger partial charge in [-0.2, -0.15) is 0 Å². The summed E-state index contributed by atoms with van der Waals surface area (Å²) in [6.45, 7) is 6.34. The summed E-state index contributed by atoms with van der Waals surface area (Å²) in [5, 5.41) is 7.08. The van der Waals surface area contributed by atoms with Crippen LogP contribution in [0.5, 0.6) is 0 Å². The van der Waals surface area contributed by atoms with Gasteiger partial charge in [0.05, 0.1) is 17.0 Å². The summed E-state index contributed by atoms with van der Waals surface area (Å²) in [6, 6.07) is 0. The Morgan fingerprint density at radius 3 is 2.69 bits per heavy atom. The van der Waals surface area contributed by atoms with E-state index in [0.29, 0.717) is 36.9 Å². The number of hydrogen-bond donors (Lipinski definition) is 1. The predicted octanol–water partition coefficient (Wildman–Crippen LogP) is 3.69. The fourth-order valence-corrected chi connectivity index (χ4v) is 3.61. The molecule has 1 amide bonds. The number of carbonyl (C=O) groups excluding carboxylic acids is 1. The molecule has 0 aromatic carbocycles. The Morgan fingerprint density at radius 1 is 1.23 bits per heavy atom.